The maximum atomic E-state index is 10.7. The van der Waals surface area contributed by atoms with Crippen LogP contribution in [0, 0.1) is 6.92 Å². The molecule has 0 aliphatic carbocycles. The fourth-order valence-corrected chi connectivity index (χ4v) is 3.65. The van der Waals surface area contributed by atoms with Crippen LogP contribution in [0.4, 0.5) is 10.9 Å². The summed E-state index contributed by atoms with van der Waals surface area (Å²) in [6, 6.07) is 3.71. The van der Waals surface area contributed by atoms with Gasteiger partial charge in [0.25, 0.3) is 0 Å². The van der Waals surface area contributed by atoms with Crippen molar-refractivity contribution >= 4 is 49.6 Å². The Morgan fingerprint density at radius 2 is 2.09 bits per heavy atom. The Kier molecular flexibility index (Phi) is 4.22. The molecule has 2 N–H and O–H groups in total. The van der Waals surface area contributed by atoms with E-state index in [2.05, 4.69) is 41.4 Å². The molecule has 0 saturated heterocycles. The molecule has 0 fully saturated rings. The highest BCUT2D eigenvalue weighted by atomic mass is 79.9. The lowest BCUT2D eigenvalue weighted by molar-refractivity contribution is 0.101. The van der Waals surface area contributed by atoms with Gasteiger partial charge < -0.3 is 10.4 Å². The second-order valence-corrected chi connectivity index (χ2v) is 7.52. The van der Waals surface area contributed by atoms with Crippen molar-refractivity contribution in [3.8, 4) is 0 Å². The maximum Gasteiger partial charge on any atom is 0.211 e. The SMILES string of the molecule is Cc1csc(C(C)(O)c2nnc(Nc3ccc(Br)cn3)s2)n1. The van der Waals surface area contributed by atoms with Crippen molar-refractivity contribution in [2.24, 2.45) is 0 Å². The van der Waals surface area contributed by atoms with E-state index >= 15 is 0 Å². The molecular formula is C13H12BrN5OS2. The van der Waals surface area contributed by atoms with Gasteiger partial charge in [0, 0.05) is 21.7 Å². The zero-order valence-corrected chi connectivity index (χ0v) is 15.0. The third-order valence-electron chi connectivity index (χ3n) is 2.84. The van der Waals surface area contributed by atoms with Crippen LogP contribution in [0.3, 0.4) is 0 Å². The van der Waals surface area contributed by atoms with Crippen LogP contribution in [0.25, 0.3) is 0 Å². The molecule has 0 aliphatic heterocycles. The lowest BCUT2D eigenvalue weighted by atomic mass is 10.1. The van der Waals surface area contributed by atoms with Crippen molar-refractivity contribution < 1.29 is 5.11 Å². The molecule has 3 aromatic rings. The number of anilines is 2. The molecule has 0 bridgehead atoms. The number of aliphatic hydroxyl groups is 1. The molecule has 0 aromatic carbocycles. The first-order valence-electron chi connectivity index (χ1n) is 6.32. The van der Waals surface area contributed by atoms with Gasteiger partial charge in [-0.25, -0.2) is 9.97 Å². The summed E-state index contributed by atoms with van der Waals surface area (Å²) in [6.45, 7) is 3.57. The number of aryl methyl sites for hydroxylation is 1. The van der Waals surface area contributed by atoms with Gasteiger partial charge in [0.2, 0.25) is 5.13 Å². The van der Waals surface area contributed by atoms with Crippen molar-refractivity contribution in [3.63, 3.8) is 0 Å². The van der Waals surface area contributed by atoms with Gasteiger partial charge in [-0.15, -0.1) is 21.5 Å². The minimum Gasteiger partial charge on any atom is -0.376 e. The van der Waals surface area contributed by atoms with E-state index in [0.717, 1.165) is 10.2 Å². The van der Waals surface area contributed by atoms with E-state index in [1.54, 1.807) is 13.1 Å². The Morgan fingerprint density at radius 1 is 1.27 bits per heavy atom. The molecule has 9 heteroatoms. The van der Waals surface area contributed by atoms with E-state index in [0.29, 0.717) is 21.0 Å². The number of halogens is 1. The lowest BCUT2D eigenvalue weighted by Crippen LogP contribution is -2.22. The molecule has 3 aromatic heterocycles. The zero-order valence-electron chi connectivity index (χ0n) is 11.7. The van der Waals surface area contributed by atoms with Gasteiger partial charge >= 0.3 is 0 Å². The third kappa shape index (κ3) is 3.17. The Morgan fingerprint density at radius 3 is 2.73 bits per heavy atom. The number of aromatic nitrogens is 4. The van der Waals surface area contributed by atoms with E-state index < -0.39 is 5.60 Å². The predicted molar refractivity (Wildman–Crippen MR) is 90.7 cm³/mol. The highest BCUT2D eigenvalue weighted by Crippen LogP contribution is 2.34. The molecule has 0 spiro atoms. The molecular weight excluding hydrogens is 386 g/mol. The number of thiazole rings is 1. The van der Waals surface area contributed by atoms with E-state index in [4.69, 9.17) is 0 Å². The summed E-state index contributed by atoms with van der Waals surface area (Å²) in [5.41, 5.74) is -0.369. The first kappa shape index (κ1) is 15.5. The molecule has 1 unspecified atom stereocenters. The molecule has 0 radical (unpaired) electrons. The number of nitrogens with zero attached hydrogens (tertiary/aromatic N) is 4. The Balaban J connectivity index is 1.82. The normalized spacial score (nSPS) is 13.8. The van der Waals surface area contributed by atoms with E-state index in [-0.39, 0.29) is 0 Å². The first-order chi connectivity index (χ1) is 10.4. The summed E-state index contributed by atoms with van der Waals surface area (Å²) in [5, 5.41) is 25.4. The highest BCUT2D eigenvalue weighted by molar-refractivity contribution is 9.10. The van der Waals surface area contributed by atoms with Crippen LogP contribution in [0.5, 0.6) is 0 Å². The van der Waals surface area contributed by atoms with Crippen LogP contribution >= 0.6 is 38.6 Å². The largest absolute Gasteiger partial charge is 0.376 e. The number of hydrogen-bond acceptors (Lipinski definition) is 8. The Labute approximate surface area is 143 Å². The number of hydrogen-bond donors (Lipinski definition) is 2. The van der Waals surface area contributed by atoms with Gasteiger partial charge in [0.1, 0.15) is 10.8 Å². The second-order valence-electron chi connectivity index (χ2n) is 4.77. The molecule has 3 rings (SSSR count). The smallest absolute Gasteiger partial charge is 0.211 e. The van der Waals surface area contributed by atoms with E-state index in [9.17, 15) is 5.11 Å². The Bertz CT molecular complexity index is 784. The average Bonchev–Trinajstić information content (AvgIpc) is 3.11. The summed E-state index contributed by atoms with van der Waals surface area (Å²) in [4.78, 5) is 8.55. The fourth-order valence-electron chi connectivity index (χ4n) is 1.70. The average molecular weight is 398 g/mol. The number of pyridine rings is 1. The minimum atomic E-state index is -1.25. The van der Waals surface area contributed by atoms with Gasteiger partial charge in [-0.2, -0.15) is 0 Å². The summed E-state index contributed by atoms with van der Waals surface area (Å²) in [6.07, 6.45) is 1.69. The third-order valence-corrected chi connectivity index (χ3v) is 5.53. The monoisotopic (exact) mass is 397 g/mol. The molecule has 1 atom stereocenters. The topological polar surface area (TPSA) is 83.8 Å². The van der Waals surface area contributed by atoms with Crippen molar-refractivity contribution in [3.05, 3.63) is 43.9 Å². The van der Waals surface area contributed by atoms with Crippen molar-refractivity contribution in [1.82, 2.24) is 20.2 Å². The highest BCUT2D eigenvalue weighted by Gasteiger charge is 2.33. The maximum absolute atomic E-state index is 10.7. The van der Waals surface area contributed by atoms with E-state index in [1.807, 2.05) is 24.4 Å². The van der Waals surface area contributed by atoms with Crippen LogP contribution in [0.2, 0.25) is 0 Å². The first-order valence-corrected chi connectivity index (χ1v) is 8.81. The Hall–Kier alpha value is -1.42. The van der Waals surface area contributed by atoms with Crippen molar-refractivity contribution in [2.75, 3.05) is 5.32 Å². The number of nitrogens with one attached hydrogen (secondary N) is 1. The second kappa shape index (κ2) is 5.99. The minimum absolute atomic E-state index is 0.487. The number of rotatable bonds is 4. The zero-order chi connectivity index (χ0) is 15.7. The van der Waals surface area contributed by atoms with Crippen molar-refractivity contribution in [1.29, 1.82) is 0 Å². The van der Waals surface area contributed by atoms with Crippen LogP contribution in [-0.4, -0.2) is 25.3 Å². The molecule has 0 amide bonds. The predicted octanol–water partition coefficient (Wildman–Crippen LogP) is 3.46. The van der Waals surface area contributed by atoms with Gasteiger partial charge in [-0.05, 0) is 41.9 Å². The molecule has 114 valence electrons. The summed E-state index contributed by atoms with van der Waals surface area (Å²) < 4.78 is 0.901. The summed E-state index contributed by atoms with van der Waals surface area (Å²) >= 11 is 6.01. The van der Waals surface area contributed by atoms with Crippen molar-refractivity contribution in [2.45, 2.75) is 19.4 Å². The molecule has 22 heavy (non-hydrogen) atoms. The van der Waals surface area contributed by atoms with Crippen LogP contribution in [0.15, 0.2) is 28.2 Å². The summed E-state index contributed by atoms with van der Waals surface area (Å²) in [5.74, 6) is 0.663. The van der Waals surface area contributed by atoms with Crippen LogP contribution < -0.4 is 5.32 Å². The van der Waals surface area contributed by atoms with Gasteiger partial charge in [-0.3, -0.25) is 0 Å². The van der Waals surface area contributed by atoms with Gasteiger partial charge in [0.05, 0.1) is 0 Å². The molecule has 0 aliphatic rings. The standard InChI is InChI=1S/C13H12BrN5OS2/c1-7-6-21-10(16-7)13(2,20)11-18-19-12(22-11)17-9-4-3-8(14)5-15-9/h3-6,20H,1-2H3,(H,15,17,19). The fraction of sp³-hybridized carbons (Fsp3) is 0.231. The quantitative estimate of drug-likeness (QED) is 0.700. The molecule has 3 heterocycles. The van der Waals surface area contributed by atoms with Gasteiger partial charge in [0.15, 0.2) is 10.6 Å². The van der Waals surface area contributed by atoms with Gasteiger partial charge in [-0.1, -0.05) is 11.3 Å². The molecule has 0 saturated carbocycles. The lowest BCUT2D eigenvalue weighted by Gasteiger charge is -2.16. The van der Waals surface area contributed by atoms with Crippen LogP contribution in [0.1, 0.15) is 22.6 Å². The van der Waals surface area contributed by atoms with E-state index in [1.165, 1.54) is 22.7 Å². The molecule has 6 nitrogen and oxygen atoms in total. The summed E-state index contributed by atoms with van der Waals surface area (Å²) in [7, 11) is 0. The van der Waals surface area contributed by atoms with Crippen LogP contribution in [-0.2, 0) is 5.60 Å².